The molecule has 0 saturated carbocycles. The first kappa shape index (κ1) is 11.8. The molecular weight excluding hydrogens is 236 g/mol. The van der Waals surface area contributed by atoms with Gasteiger partial charge in [0.1, 0.15) is 5.76 Å². The molecule has 1 N–H and O–H groups in total. The summed E-state index contributed by atoms with van der Waals surface area (Å²) in [5, 5.41) is 8.72. The van der Waals surface area contributed by atoms with Crippen molar-refractivity contribution in [1.29, 1.82) is 0 Å². The summed E-state index contributed by atoms with van der Waals surface area (Å²) in [6.07, 6.45) is 0.533. The van der Waals surface area contributed by atoms with Crippen LogP contribution in [0.3, 0.4) is 0 Å². The van der Waals surface area contributed by atoms with Gasteiger partial charge in [0.2, 0.25) is 0 Å². The summed E-state index contributed by atoms with van der Waals surface area (Å²) in [5.74, 6) is -2.16. The fourth-order valence-electron chi connectivity index (χ4n) is 1.57. The van der Waals surface area contributed by atoms with E-state index >= 15 is 0 Å². The largest absolute Gasteiger partial charge is 0.475 e. The Morgan fingerprint density at radius 3 is 2.44 bits per heavy atom. The highest BCUT2D eigenvalue weighted by molar-refractivity contribution is 6.41. The molecule has 0 saturated heterocycles. The van der Waals surface area contributed by atoms with Gasteiger partial charge in [0.05, 0.1) is 0 Å². The van der Waals surface area contributed by atoms with Gasteiger partial charge >= 0.3 is 5.97 Å². The summed E-state index contributed by atoms with van der Waals surface area (Å²) in [4.78, 5) is 32.7. The minimum Gasteiger partial charge on any atom is -0.475 e. The van der Waals surface area contributed by atoms with Gasteiger partial charge in [-0.1, -0.05) is 24.3 Å². The Balaban J connectivity index is 2.54. The maximum atomic E-state index is 11.5. The lowest BCUT2D eigenvalue weighted by atomic mass is 10.0. The van der Waals surface area contributed by atoms with E-state index in [0.717, 1.165) is 0 Å². The van der Waals surface area contributed by atoms with Gasteiger partial charge in [-0.05, 0) is 12.1 Å². The van der Waals surface area contributed by atoms with E-state index in [0.29, 0.717) is 11.8 Å². The van der Waals surface area contributed by atoms with Crippen molar-refractivity contribution in [3.8, 4) is 11.3 Å². The first-order valence-electron chi connectivity index (χ1n) is 5.05. The third-order valence-electron chi connectivity index (χ3n) is 2.37. The van der Waals surface area contributed by atoms with E-state index in [4.69, 9.17) is 9.52 Å². The number of Topliss-reactive ketones (excluding diaryl/α,β-unsaturated/α-hetero) is 1. The molecule has 0 amide bonds. The van der Waals surface area contributed by atoms with Gasteiger partial charge in [0, 0.05) is 11.1 Å². The minimum atomic E-state index is -1.54. The molecule has 0 unspecified atom stereocenters. The van der Waals surface area contributed by atoms with Gasteiger partial charge in [-0.2, -0.15) is 0 Å². The molecule has 0 atom stereocenters. The molecule has 1 aromatic carbocycles. The van der Waals surface area contributed by atoms with Gasteiger partial charge in [-0.3, -0.25) is 9.59 Å². The molecular formula is C13H8O5. The summed E-state index contributed by atoms with van der Waals surface area (Å²) in [7, 11) is 0. The number of ketones is 1. The average molecular weight is 244 g/mol. The van der Waals surface area contributed by atoms with Crippen LogP contribution < -0.4 is 0 Å². The van der Waals surface area contributed by atoms with Crippen molar-refractivity contribution in [1.82, 2.24) is 0 Å². The molecule has 0 bridgehead atoms. The molecule has 0 aliphatic rings. The predicted molar refractivity (Wildman–Crippen MR) is 61.5 cm³/mol. The maximum absolute atomic E-state index is 11.5. The number of carboxylic acid groups (broad SMARTS) is 1. The number of carboxylic acids is 1. The number of hydrogen-bond donors (Lipinski definition) is 1. The summed E-state index contributed by atoms with van der Waals surface area (Å²) in [5.41, 5.74) is 0.370. The third kappa shape index (κ3) is 2.06. The normalized spacial score (nSPS) is 10.0. The number of furan rings is 1. The van der Waals surface area contributed by atoms with Crippen molar-refractivity contribution >= 4 is 18.0 Å². The summed E-state index contributed by atoms with van der Waals surface area (Å²) in [6.45, 7) is 0. The highest BCUT2D eigenvalue weighted by Crippen LogP contribution is 2.25. The zero-order chi connectivity index (χ0) is 13.1. The average Bonchev–Trinajstić information content (AvgIpc) is 2.86. The van der Waals surface area contributed by atoms with E-state index in [1.165, 1.54) is 18.2 Å². The van der Waals surface area contributed by atoms with E-state index in [9.17, 15) is 14.4 Å². The molecule has 0 aliphatic carbocycles. The van der Waals surface area contributed by atoms with E-state index in [1.54, 1.807) is 18.2 Å². The van der Waals surface area contributed by atoms with Crippen molar-refractivity contribution in [2.45, 2.75) is 0 Å². The van der Waals surface area contributed by atoms with Crippen molar-refractivity contribution in [3.63, 3.8) is 0 Å². The van der Waals surface area contributed by atoms with Crippen LogP contribution >= 0.6 is 0 Å². The second-order valence-electron chi connectivity index (χ2n) is 3.50. The van der Waals surface area contributed by atoms with Crippen LogP contribution in [0.5, 0.6) is 0 Å². The fraction of sp³-hybridized carbons (Fsp3) is 0. The second-order valence-corrected chi connectivity index (χ2v) is 3.50. The molecule has 18 heavy (non-hydrogen) atoms. The first-order valence-corrected chi connectivity index (χ1v) is 5.05. The number of aldehydes is 1. The number of benzene rings is 1. The molecule has 1 aromatic heterocycles. The van der Waals surface area contributed by atoms with Crippen molar-refractivity contribution in [3.05, 3.63) is 47.7 Å². The van der Waals surface area contributed by atoms with E-state index in [1.807, 2.05) is 0 Å². The van der Waals surface area contributed by atoms with Gasteiger partial charge in [-0.25, -0.2) is 4.79 Å². The molecule has 90 valence electrons. The van der Waals surface area contributed by atoms with Crippen LogP contribution in [-0.4, -0.2) is 23.1 Å². The van der Waals surface area contributed by atoms with Crippen molar-refractivity contribution in [2.75, 3.05) is 0 Å². The topological polar surface area (TPSA) is 84.6 Å². The minimum absolute atomic E-state index is 0.0248. The quantitative estimate of drug-likeness (QED) is 0.505. The lowest BCUT2D eigenvalue weighted by Crippen LogP contribution is -2.13. The van der Waals surface area contributed by atoms with Crippen LogP contribution in [0.15, 0.2) is 40.8 Å². The number of hydrogen-bond acceptors (Lipinski definition) is 4. The molecule has 0 aliphatic heterocycles. The third-order valence-corrected chi connectivity index (χ3v) is 2.37. The van der Waals surface area contributed by atoms with Gasteiger partial charge in [0.25, 0.3) is 5.78 Å². The summed E-state index contributed by atoms with van der Waals surface area (Å²) in [6, 6.07) is 9.13. The number of aliphatic carboxylic acids is 1. The number of carbonyl (C=O) groups is 3. The van der Waals surface area contributed by atoms with E-state index in [-0.39, 0.29) is 17.1 Å². The molecule has 5 heteroatoms. The molecule has 0 spiro atoms. The molecule has 5 nitrogen and oxygen atoms in total. The highest BCUT2D eigenvalue weighted by atomic mass is 16.4. The number of carbonyl (C=O) groups excluding carboxylic acids is 2. The van der Waals surface area contributed by atoms with Gasteiger partial charge < -0.3 is 9.52 Å². The van der Waals surface area contributed by atoms with Gasteiger partial charge in [-0.15, -0.1) is 0 Å². The lowest BCUT2D eigenvalue weighted by molar-refractivity contribution is -0.131. The first-order chi connectivity index (χ1) is 8.63. The Morgan fingerprint density at radius 2 is 1.83 bits per heavy atom. The van der Waals surface area contributed by atoms with Crippen LogP contribution in [0.2, 0.25) is 0 Å². The molecule has 2 rings (SSSR count). The maximum Gasteiger partial charge on any atom is 0.377 e. The molecule has 0 fully saturated rings. The Morgan fingerprint density at radius 1 is 1.11 bits per heavy atom. The standard InChI is InChI=1S/C13H8O5/c14-7-8-5-6-11(18-8)9-3-1-2-4-10(9)12(15)13(16)17/h1-7H,(H,16,17). The predicted octanol–water partition coefficient (Wildman–Crippen LogP) is 2.03. The van der Waals surface area contributed by atoms with E-state index in [2.05, 4.69) is 0 Å². The molecule has 1 heterocycles. The van der Waals surface area contributed by atoms with Crippen LogP contribution in [0.4, 0.5) is 0 Å². The molecule has 2 aromatic rings. The Kier molecular flexibility index (Phi) is 3.05. The van der Waals surface area contributed by atoms with E-state index < -0.39 is 11.8 Å². The zero-order valence-corrected chi connectivity index (χ0v) is 9.12. The Labute approximate surface area is 102 Å². The smallest absolute Gasteiger partial charge is 0.377 e. The lowest BCUT2D eigenvalue weighted by Gasteiger charge is -2.03. The zero-order valence-electron chi connectivity index (χ0n) is 9.12. The summed E-state index contributed by atoms with van der Waals surface area (Å²) < 4.78 is 5.18. The second kappa shape index (κ2) is 4.67. The van der Waals surface area contributed by atoms with Crippen LogP contribution in [0, 0.1) is 0 Å². The van der Waals surface area contributed by atoms with Crippen molar-refractivity contribution in [2.24, 2.45) is 0 Å². The Hall–Kier alpha value is -2.69. The van der Waals surface area contributed by atoms with Crippen molar-refractivity contribution < 1.29 is 23.9 Å². The Bertz CT molecular complexity index is 624. The summed E-state index contributed by atoms with van der Waals surface area (Å²) >= 11 is 0. The monoisotopic (exact) mass is 244 g/mol. The van der Waals surface area contributed by atoms with Crippen LogP contribution in [0.1, 0.15) is 20.9 Å². The van der Waals surface area contributed by atoms with Crippen LogP contribution in [0.25, 0.3) is 11.3 Å². The van der Waals surface area contributed by atoms with Gasteiger partial charge in [0.15, 0.2) is 12.0 Å². The van der Waals surface area contributed by atoms with Crippen LogP contribution in [-0.2, 0) is 4.79 Å². The number of rotatable bonds is 4. The fourth-order valence-corrected chi connectivity index (χ4v) is 1.57. The molecule has 0 radical (unpaired) electrons. The highest BCUT2D eigenvalue weighted by Gasteiger charge is 2.20. The SMILES string of the molecule is O=Cc1ccc(-c2ccccc2C(=O)C(=O)O)o1.